The van der Waals surface area contributed by atoms with Gasteiger partial charge in [-0.15, -0.1) is 0 Å². The van der Waals surface area contributed by atoms with Crippen LogP contribution in [0.2, 0.25) is 0 Å². The summed E-state index contributed by atoms with van der Waals surface area (Å²) in [5.74, 6) is 0.822. The molecule has 3 aromatic heterocycles. The first kappa shape index (κ1) is 23.2. The first-order chi connectivity index (χ1) is 16.6. The topological polar surface area (TPSA) is 144 Å². The zero-order chi connectivity index (χ0) is 23.9. The van der Waals surface area contributed by atoms with Gasteiger partial charge in [-0.05, 0) is 25.5 Å². The number of likely N-dealkylation sites (N-methyl/N-ethyl adjacent to an activating group) is 1. The van der Waals surface area contributed by atoms with Crippen molar-refractivity contribution in [3.8, 4) is 11.8 Å². The van der Waals surface area contributed by atoms with E-state index in [1.54, 1.807) is 18.5 Å². The first-order valence-corrected chi connectivity index (χ1v) is 11.1. The van der Waals surface area contributed by atoms with Crippen LogP contribution >= 0.6 is 0 Å². The van der Waals surface area contributed by atoms with Crippen molar-refractivity contribution in [2.75, 3.05) is 43.5 Å². The average Bonchev–Trinajstić information content (AvgIpc) is 3.38. The summed E-state index contributed by atoms with van der Waals surface area (Å²) in [6.45, 7) is 1.98. The number of nitrogens with one attached hydrogen (secondary N) is 3. The minimum absolute atomic E-state index is 0.112. The summed E-state index contributed by atoms with van der Waals surface area (Å²) in [4.78, 5) is 27.3. The van der Waals surface area contributed by atoms with Gasteiger partial charge in [0, 0.05) is 44.6 Å². The maximum absolute atomic E-state index is 12.3. The number of aliphatic hydroxyl groups excluding tert-OH is 1. The summed E-state index contributed by atoms with van der Waals surface area (Å²) in [6.07, 6.45) is 10.4. The van der Waals surface area contributed by atoms with E-state index >= 15 is 0 Å². The van der Waals surface area contributed by atoms with E-state index in [4.69, 9.17) is 10.4 Å². The second-order valence-electron chi connectivity index (χ2n) is 7.98. The molecule has 0 aliphatic carbocycles. The van der Waals surface area contributed by atoms with Gasteiger partial charge in [0.25, 0.3) is 5.91 Å². The molecule has 0 saturated carbocycles. The molecule has 0 radical (unpaired) electrons. The number of aromatic nitrogens is 4. The quantitative estimate of drug-likeness (QED) is 0.389. The number of hydrogen-bond donors (Lipinski definition) is 4. The van der Waals surface area contributed by atoms with Gasteiger partial charge in [-0.2, -0.15) is 5.26 Å². The molecule has 4 rings (SSSR count). The number of carbonyl (C=O) groups is 1. The summed E-state index contributed by atoms with van der Waals surface area (Å²) in [5.41, 5.74) is 2.50. The number of nitrogens with zero attached hydrogens (tertiary/aromatic N) is 6. The zero-order valence-corrected chi connectivity index (χ0v) is 18.9. The van der Waals surface area contributed by atoms with Crippen LogP contribution in [0.25, 0.3) is 5.69 Å². The van der Waals surface area contributed by atoms with Crippen LogP contribution in [0.1, 0.15) is 28.9 Å². The maximum atomic E-state index is 12.3. The molecule has 1 fully saturated rings. The van der Waals surface area contributed by atoms with Crippen molar-refractivity contribution in [2.24, 2.45) is 0 Å². The van der Waals surface area contributed by atoms with E-state index in [2.05, 4.69) is 42.8 Å². The van der Waals surface area contributed by atoms with Crippen LogP contribution in [-0.4, -0.2) is 69.9 Å². The molecule has 1 atom stereocenters. The molecular weight excluding hydrogens is 434 g/mol. The molecule has 4 N–H and O–H groups in total. The Morgan fingerprint density at radius 3 is 2.88 bits per heavy atom. The summed E-state index contributed by atoms with van der Waals surface area (Å²) < 4.78 is 1.87. The first-order valence-electron chi connectivity index (χ1n) is 11.1. The fourth-order valence-corrected chi connectivity index (χ4v) is 3.88. The molecule has 0 bridgehead atoms. The van der Waals surface area contributed by atoms with E-state index in [1.807, 2.05) is 22.9 Å². The molecule has 1 aliphatic heterocycles. The van der Waals surface area contributed by atoms with Crippen molar-refractivity contribution in [3.05, 3.63) is 54.4 Å². The molecule has 1 unspecified atom stereocenters. The van der Waals surface area contributed by atoms with Gasteiger partial charge in [-0.1, -0.05) is 0 Å². The van der Waals surface area contributed by atoms with E-state index in [0.29, 0.717) is 23.2 Å². The van der Waals surface area contributed by atoms with Crippen LogP contribution in [0.4, 0.5) is 17.3 Å². The fraction of sp³-hybridized carbons (Fsp3) is 0.348. The third kappa shape index (κ3) is 5.31. The largest absolute Gasteiger partial charge is 0.395 e. The highest BCUT2D eigenvalue weighted by Gasteiger charge is 2.22. The van der Waals surface area contributed by atoms with E-state index in [0.717, 1.165) is 37.3 Å². The Morgan fingerprint density at radius 2 is 2.18 bits per heavy atom. The van der Waals surface area contributed by atoms with Crippen LogP contribution in [-0.2, 0) is 0 Å². The van der Waals surface area contributed by atoms with Crippen molar-refractivity contribution in [3.63, 3.8) is 0 Å². The number of piperidine rings is 1. The predicted molar refractivity (Wildman–Crippen MR) is 127 cm³/mol. The number of anilines is 3. The molecule has 1 amide bonds. The molecule has 0 aromatic carbocycles. The van der Waals surface area contributed by atoms with Crippen molar-refractivity contribution >= 4 is 23.2 Å². The lowest BCUT2D eigenvalue weighted by molar-refractivity contribution is 0.0945. The van der Waals surface area contributed by atoms with Gasteiger partial charge in [-0.25, -0.2) is 15.0 Å². The normalized spacial score (nSPS) is 15.4. The van der Waals surface area contributed by atoms with Crippen molar-refractivity contribution in [1.82, 2.24) is 30.2 Å². The van der Waals surface area contributed by atoms with Gasteiger partial charge < -0.3 is 30.5 Å². The van der Waals surface area contributed by atoms with E-state index in [9.17, 15) is 4.79 Å². The maximum Gasteiger partial charge on any atom is 0.252 e. The number of aliphatic hydroxyl groups is 1. The molecular formula is C23H27N9O2. The zero-order valence-electron chi connectivity index (χ0n) is 18.9. The van der Waals surface area contributed by atoms with Crippen LogP contribution in [0.5, 0.6) is 0 Å². The Kier molecular flexibility index (Phi) is 7.31. The summed E-state index contributed by atoms with van der Waals surface area (Å²) in [7, 11) is 2.06. The van der Waals surface area contributed by atoms with Crippen LogP contribution in [0.3, 0.4) is 0 Å². The minimum Gasteiger partial charge on any atom is -0.395 e. The van der Waals surface area contributed by atoms with Crippen LogP contribution in [0, 0.1) is 11.3 Å². The predicted octanol–water partition coefficient (Wildman–Crippen LogP) is 1.19. The van der Waals surface area contributed by atoms with Gasteiger partial charge in [0.2, 0.25) is 0 Å². The molecule has 1 saturated heterocycles. The lowest BCUT2D eigenvalue weighted by Crippen LogP contribution is -2.44. The monoisotopic (exact) mass is 461 g/mol. The molecule has 11 heteroatoms. The SMILES string of the molecule is CN(c1cc(Nc2cnc(C#N)cn2)ncc1-n1ccc(C(=O)NCCO)c1)C1CCCNC1. The third-order valence-electron chi connectivity index (χ3n) is 5.71. The Balaban J connectivity index is 1.65. The van der Waals surface area contributed by atoms with Gasteiger partial charge in [-0.3, -0.25) is 4.79 Å². The molecule has 1 aliphatic rings. The second kappa shape index (κ2) is 10.7. The second-order valence-corrected chi connectivity index (χ2v) is 7.98. The van der Waals surface area contributed by atoms with Crippen LogP contribution < -0.4 is 20.9 Å². The number of nitriles is 1. The van der Waals surface area contributed by atoms with Crippen LogP contribution in [0.15, 0.2) is 43.1 Å². The summed E-state index contributed by atoms with van der Waals surface area (Å²) >= 11 is 0. The fourth-order valence-electron chi connectivity index (χ4n) is 3.88. The van der Waals surface area contributed by atoms with E-state index in [-0.39, 0.29) is 24.8 Å². The molecule has 11 nitrogen and oxygen atoms in total. The van der Waals surface area contributed by atoms with E-state index in [1.165, 1.54) is 12.4 Å². The Morgan fingerprint density at radius 1 is 1.32 bits per heavy atom. The highest BCUT2D eigenvalue weighted by Crippen LogP contribution is 2.30. The molecule has 34 heavy (non-hydrogen) atoms. The summed E-state index contributed by atoms with van der Waals surface area (Å²) in [5, 5.41) is 27.1. The standard InChI is InChI=1S/C23H27N9O2/c1-31(18-3-2-5-25-12-18)19-9-21(30-22-14-27-17(10-24)11-28-22)29-13-20(19)32-7-4-16(15-32)23(34)26-6-8-33/h4,7,9,11,13-15,18,25,33H,2-3,5-6,8,12H2,1H3,(H,26,34)(H,28,29,30). The van der Waals surface area contributed by atoms with Gasteiger partial charge in [0.15, 0.2) is 5.69 Å². The molecule has 3 aromatic rings. The lowest BCUT2D eigenvalue weighted by atomic mass is 10.1. The number of carbonyl (C=O) groups excluding carboxylic acids is 1. The third-order valence-corrected chi connectivity index (χ3v) is 5.71. The Labute approximate surface area is 197 Å². The summed E-state index contributed by atoms with van der Waals surface area (Å²) in [6, 6.07) is 5.93. The highest BCUT2D eigenvalue weighted by atomic mass is 16.3. The van der Waals surface area contributed by atoms with Crippen molar-refractivity contribution in [1.29, 1.82) is 5.26 Å². The van der Waals surface area contributed by atoms with E-state index < -0.39 is 0 Å². The van der Waals surface area contributed by atoms with Gasteiger partial charge >= 0.3 is 0 Å². The molecule has 0 spiro atoms. The lowest BCUT2D eigenvalue weighted by Gasteiger charge is -2.34. The average molecular weight is 462 g/mol. The number of hydrogen-bond acceptors (Lipinski definition) is 9. The van der Waals surface area contributed by atoms with Gasteiger partial charge in [0.05, 0.1) is 42.1 Å². The highest BCUT2D eigenvalue weighted by molar-refractivity contribution is 5.94. The van der Waals surface area contributed by atoms with Gasteiger partial charge in [0.1, 0.15) is 17.7 Å². The van der Waals surface area contributed by atoms with Crippen molar-refractivity contribution < 1.29 is 9.90 Å². The number of pyridine rings is 1. The van der Waals surface area contributed by atoms with Crippen molar-refractivity contribution in [2.45, 2.75) is 18.9 Å². The Bertz CT molecular complexity index is 1160. The Hall–Kier alpha value is -4.01. The number of amides is 1. The smallest absolute Gasteiger partial charge is 0.252 e. The molecule has 4 heterocycles. The molecule has 176 valence electrons. The number of rotatable bonds is 8. The minimum atomic E-state index is -0.246.